The van der Waals surface area contributed by atoms with Crippen molar-refractivity contribution in [3.05, 3.63) is 50.3 Å². The molecule has 2 heterocycles. The summed E-state index contributed by atoms with van der Waals surface area (Å²) in [7, 11) is 0. The van der Waals surface area contributed by atoms with Crippen LogP contribution in [0.15, 0.2) is 39.9 Å². The number of carbonyl (C=O) groups is 1. The minimum atomic E-state index is -0.160. The lowest BCUT2D eigenvalue weighted by atomic mass is 10.2. The first-order valence-electron chi connectivity index (χ1n) is 7.42. The largest absolute Gasteiger partial charge is 0.504 e. The predicted octanol–water partition coefficient (Wildman–Crippen LogP) is 4.39. The van der Waals surface area contributed by atoms with Crippen LogP contribution in [0.1, 0.15) is 18.2 Å². The first kappa shape index (κ1) is 18.3. The Morgan fingerprint density at radius 1 is 1.48 bits per heavy atom. The van der Waals surface area contributed by atoms with E-state index in [9.17, 15) is 9.90 Å². The van der Waals surface area contributed by atoms with Crippen molar-refractivity contribution in [3.63, 3.8) is 0 Å². The van der Waals surface area contributed by atoms with E-state index in [1.807, 2.05) is 29.5 Å². The number of halogens is 1. The number of aromatic hydroxyl groups is 1. The van der Waals surface area contributed by atoms with Crippen LogP contribution in [0.5, 0.6) is 11.5 Å². The van der Waals surface area contributed by atoms with Gasteiger partial charge in [0.05, 0.1) is 27.9 Å². The highest BCUT2D eigenvalue weighted by molar-refractivity contribution is 14.1. The molecule has 1 N–H and O–H groups in total. The van der Waals surface area contributed by atoms with Crippen LogP contribution in [0.25, 0.3) is 6.08 Å². The summed E-state index contributed by atoms with van der Waals surface area (Å²) in [5.41, 5.74) is 0.768. The third-order valence-corrected chi connectivity index (χ3v) is 5.62. The summed E-state index contributed by atoms with van der Waals surface area (Å²) >= 11 is 8.60. The Morgan fingerprint density at radius 2 is 2.28 bits per heavy atom. The summed E-state index contributed by atoms with van der Waals surface area (Å²) in [4.78, 5) is 14.7. The molecular weight excluding hydrogens is 473 g/mol. The van der Waals surface area contributed by atoms with Gasteiger partial charge in [0, 0.05) is 0 Å². The van der Waals surface area contributed by atoms with Crippen LogP contribution in [-0.4, -0.2) is 26.8 Å². The first-order chi connectivity index (χ1) is 12.0. The molecule has 8 heteroatoms. The van der Waals surface area contributed by atoms with Crippen LogP contribution in [0.2, 0.25) is 0 Å². The number of benzene rings is 1. The highest BCUT2D eigenvalue weighted by Crippen LogP contribution is 2.37. The van der Waals surface area contributed by atoms with Gasteiger partial charge in [-0.3, -0.25) is 9.69 Å². The fourth-order valence-corrected chi connectivity index (χ4v) is 4.17. The zero-order valence-corrected chi connectivity index (χ0v) is 17.0. The molecule has 2 aromatic rings. The summed E-state index contributed by atoms with van der Waals surface area (Å²) < 4.78 is 11.9. The van der Waals surface area contributed by atoms with Crippen LogP contribution in [0.3, 0.4) is 0 Å². The number of carbonyl (C=O) groups excluding carboxylic acids is 1. The number of rotatable bonds is 5. The van der Waals surface area contributed by atoms with E-state index < -0.39 is 0 Å². The summed E-state index contributed by atoms with van der Waals surface area (Å²) in [5.74, 6) is 1.01. The Morgan fingerprint density at radius 3 is 2.96 bits per heavy atom. The highest BCUT2D eigenvalue weighted by Gasteiger charge is 2.32. The molecule has 130 valence electrons. The zero-order chi connectivity index (χ0) is 18.0. The lowest BCUT2D eigenvalue weighted by Crippen LogP contribution is -2.27. The first-order valence-corrected chi connectivity index (χ1v) is 9.73. The van der Waals surface area contributed by atoms with E-state index in [1.165, 1.54) is 16.7 Å². The van der Waals surface area contributed by atoms with E-state index in [-0.39, 0.29) is 11.7 Å². The summed E-state index contributed by atoms with van der Waals surface area (Å²) in [5, 5.41) is 10.0. The molecular formula is C17H14INO4S2. The van der Waals surface area contributed by atoms with Gasteiger partial charge in [-0.1, -0.05) is 24.0 Å². The molecule has 0 atom stereocenters. The van der Waals surface area contributed by atoms with Crippen molar-refractivity contribution in [1.29, 1.82) is 0 Å². The number of hydrogen-bond donors (Lipinski definition) is 1. The van der Waals surface area contributed by atoms with Crippen molar-refractivity contribution in [2.75, 3.05) is 6.61 Å². The molecule has 1 aromatic heterocycles. The van der Waals surface area contributed by atoms with Crippen LogP contribution in [0, 0.1) is 3.57 Å². The van der Waals surface area contributed by atoms with Gasteiger partial charge >= 0.3 is 0 Å². The van der Waals surface area contributed by atoms with Gasteiger partial charge in [-0.2, -0.15) is 0 Å². The third-order valence-electron chi connectivity index (χ3n) is 3.42. The van der Waals surface area contributed by atoms with Gasteiger partial charge in [0.2, 0.25) is 0 Å². The number of thiocarbonyl (C=S) groups is 1. The number of hydrogen-bond acceptors (Lipinski definition) is 6. The number of thioether (sulfide) groups is 1. The van der Waals surface area contributed by atoms with Gasteiger partial charge in [-0.15, -0.1) is 0 Å². The predicted molar refractivity (Wildman–Crippen MR) is 109 cm³/mol. The maximum atomic E-state index is 12.6. The smallest absolute Gasteiger partial charge is 0.266 e. The van der Waals surface area contributed by atoms with E-state index in [4.69, 9.17) is 21.4 Å². The highest BCUT2D eigenvalue weighted by atomic mass is 127. The molecule has 5 nitrogen and oxygen atoms in total. The van der Waals surface area contributed by atoms with E-state index in [0.29, 0.717) is 37.5 Å². The molecule has 0 bridgehead atoms. The van der Waals surface area contributed by atoms with Crippen LogP contribution < -0.4 is 4.74 Å². The van der Waals surface area contributed by atoms with Crippen molar-refractivity contribution in [2.45, 2.75) is 13.5 Å². The monoisotopic (exact) mass is 487 g/mol. The quantitative estimate of drug-likeness (QED) is 0.384. The molecule has 0 aliphatic carbocycles. The van der Waals surface area contributed by atoms with E-state index in [2.05, 4.69) is 0 Å². The Balaban J connectivity index is 1.87. The van der Waals surface area contributed by atoms with Crippen molar-refractivity contribution < 1.29 is 19.1 Å². The second-order valence-electron chi connectivity index (χ2n) is 5.13. The molecule has 3 rings (SSSR count). The molecule has 1 aliphatic heterocycles. The summed E-state index contributed by atoms with van der Waals surface area (Å²) in [6, 6.07) is 7.08. The van der Waals surface area contributed by atoms with E-state index in [1.54, 1.807) is 36.6 Å². The molecule has 1 aliphatic rings. The number of phenolic OH excluding ortho intramolecular Hbond substituents is 1. The van der Waals surface area contributed by atoms with Crippen LogP contribution in [0.4, 0.5) is 0 Å². The van der Waals surface area contributed by atoms with Crippen molar-refractivity contribution >= 4 is 62.9 Å². The fourth-order valence-electron chi connectivity index (χ4n) is 2.29. The topological polar surface area (TPSA) is 62.9 Å². The van der Waals surface area contributed by atoms with Gasteiger partial charge in [0.1, 0.15) is 10.1 Å². The Labute approximate surface area is 168 Å². The second kappa shape index (κ2) is 7.79. The number of furan rings is 1. The van der Waals surface area contributed by atoms with E-state index in [0.717, 1.165) is 5.56 Å². The Kier molecular flexibility index (Phi) is 5.70. The SMILES string of the molecule is CCOc1cc(C=C2SC(=S)N(Cc3ccco3)C2=O)cc(I)c1O. The van der Waals surface area contributed by atoms with Crippen molar-refractivity contribution in [2.24, 2.45) is 0 Å². The van der Waals surface area contributed by atoms with E-state index >= 15 is 0 Å². The van der Waals surface area contributed by atoms with Gasteiger partial charge in [0.25, 0.3) is 5.91 Å². The van der Waals surface area contributed by atoms with Gasteiger partial charge in [-0.25, -0.2) is 0 Å². The molecule has 1 amide bonds. The van der Waals surface area contributed by atoms with Crippen molar-refractivity contribution in [1.82, 2.24) is 4.90 Å². The molecule has 1 aromatic carbocycles. The maximum Gasteiger partial charge on any atom is 0.266 e. The lowest BCUT2D eigenvalue weighted by molar-refractivity contribution is -0.122. The van der Waals surface area contributed by atoms with Gasteiger partial charge < -0.3 is 14.3 Å². The second-order valence-corrected chi connectivity index (χ2v) is 7.97. The normalized spacial score (nSPS) is 16.1. The molecule has 0 radical (unpaired) electrons. The number of amides is 1. The maximum absolute atomic E-state index is 12.6. The summed E-state index contributed by atoms with van der Waals surface area (Å²) in [6.45, 7) is 2.60. The number of phenols is 1. The van der Waals surface area contributed by atoms with Gasteiger partial charge in [0.15, 0.2) is 11.5 Å². The Bertz CT molecular complexity index is 849. The minimum Gasteiger partial charge on any atom is -0.504 e. The molecule has 1 saturated heterocycles. The third kappa shape index (κ3) is 4.01. The van der Waals surface area contributed by atoms with Gasteiger partial charge in [-0.05, 0) is 65.4 Å². The number of ether oxygens (including phenoxy) is 1. The minimum absolute atomic E-state index is 0.102. The average molecular weight is 487 g/mol. The average Bonchev–Trinajstić information content (AvgIpc) is 3.17. The molecule has 0 saturated carbocycles. The molecule has 25 heavy (non-hydrogen) atoms. The lowest BCUT2D eigenvalue weighted by Gasteiger charge is -2.12. The van der Waals surface area contributed by atoms with Crippen LogP contribution >= 0.6 is 46.6 Å². The molecule has 0 spiro atoms. The molecule has 0 unspecified atom stereocenters. The van der Waals surface area contributed by atoms with Crippen molar-refractivity contribution in [3.8, 4) is 11.5 Å². The van der Waals surface area contributed by atoms with Crippen LogP contribution in [-0.2, 0) is 11.3 Å². The Hall–Kier alpha value is -1.52. The molecule has 1 fully saturated rings. The number of nitrogens with zero attached hydrogens (tertiary/aromatic N) is 1. The fraction of sp³-hybridized carbons (Fsp3) is 0.176. The zero-order valence-electron chi connectivity index (χ0n) is 13.2. The summed E-state index contributed by atoms with van der Waals surface area (Å²) in [6.07, 6.45) is 3.32. The standard InChI is InChI=1S/C17H14INO4S2/c1-2-22-13-7-10(6-12(18)15(13)20)8-14-16(21)19(17(24)25-14)9-11-4-3-5-23-11/h3-8,20H,2,9H2,1H3.